The van der Waals surface area contributed by atoms with E-state index >= 15 is 0 Å². The lowest BCUT2D eigenvalue weighted by Crippen LogP contribution is -2.08. The van der Waals surface area contributed by atoms with Gasteiger partial charge in [-0.15, -0.1) is 0 Å². The van der Waals surface area contributed by atoms with Crippen molar-refractivity contribution in [2.24, 2.45) is 12.8 Å². The predicted molar refractivity (Wildman–Crippen MR) is 75.9 cm³/mol. The molecule has 1 aromatic heterocycles. The molecule has 0 aliphatic carbocycles. The van der Waals surface area contributed by atoms with Crippen LogP contribution in [0.3, 0.4) is 0 Å². The van der Waals surface area contributed by atoms with Crippen LogP contribution in [0.4, 0.5) is 0 Å². The number of benzene rings is 1. The lowest BCUT2D eigenvalue weighted by Gasteiger charge is -2.09. The Morgan fingerprint density at radius 2 is 2.11 bits per heavy atom. The van der Waals surface area contributed by atoms with Gasteiger partial charge in [-0.2, -0.15) is 0 Å². The molecule has 5 nitrogen and oxygen atoms in total. The van der Waals surface area contributed by atoms with Crippen molar-refractivity contribution in [2.45, 2.75) is 24.2 Å². The highest BCUT2D eigenvalue weighted by Crippen LogP contribution is 2.24. The summed E-state index contributed by atoms with van der Waals surface area (Å²) in [6.45, 7) is 2.69. The largest absolute Gasteiger partial charge is 0.331 e. The van der Waals surface area contributed by atoms with Crippen LogP contribution in [-0.2, 0) is 16.9 Å². The minimum atomic E-state index is -3.20. The van der Waals surface area contributed by atoms with E-state index in [1.165, 1.54) is 6.26 Å². The highest BCUT2D eigenvalue weighted by Gasteiger charge is 2.16. The molecule has 6 heteroatoms. The molecule has 0 aliphatic rings. The molecule has 0 fully saturated rings. The normalized spacial score (nSPS) is 13.9. The van der Waals surface area contributed by atoms with Gasteiger partial charge in [-0.1, -0.05) is 6.92 Å². The molecule has 0 radical (unpaired) electrons. The third-order valence-electron chi connectivity index (χ3n) is 3.36. The Kier molecular flexibility index (Phi) is 3.64. The number of hydrogen-bond acceptors (Lipinski definition) is 4. The minimum Gasteiger partial charge on any atom is -0.331 e. The maximum absolute atomic E-state index is 11.6. The van der Waals surface area contributed by atoms with Crippen LogP contribution < -0.4 is 5.73 Å². The van der Waals surface area contributed by atoms with E-state index < -0.39 is 9.84 Å². The van der Waals surface area contributed by atoms with Crippen LogP contribution in [0.15, 0.2) is 23.1 Å². The van der Waals surface area contributed by atoms with Gasteiger partial charge in [-0.25, -0.2) is 13.4 Å². The van der Waals surface area contributed by atoms with Crippen LogP contribution in [0, 0.1) is 0 Å². The topological polar surface area (TPSA) is 78.0 Å². The maximum Gasteiger partial charge on any atom is 0.175 e. The average Bonchev–Trinajstić information content (AvgIpc) is 2.66. The third kappa shape index (κ3) is 2.64. The van der Waals surface area contributed by atoms with Crippen molar-refractivity contribution in [3.05, 3.63) is 24.0 Å². The first kappa shape index (κ1) is 14.0. The number of nitrogens with two attached hydrogens (primary N) is 1. The van der Waals surface area contributed by atoms with Gasteiger partial charge in [-0.05, 0) is 31.2 Å². The van der Waals surface area contributed by atoms with Gasteiger partial charge in [0.25, 0.3) is 0 Å². The molecule has 0 spiro atoms. The maximum atomic E-state index is 11.6. The second-order valence-electron chi connectivity index (χ2n) is 4.93. The van der Waals surface area contributed by atoms with E-state index in [-0.39, 0.29) is 5.92 Å². The smallest absolute Gasteiger partial charge is 0.175 e. The number of imidazole rings is 1. The van der Waals surface area contributed by atoms with E-state index in [1.54, 1.807) is 18.2 Å². The van der Waals surface area contributed by atoms with Gasteiger partial charge in [0.15, 0.2) is 9.84 Å². The fourth-order valence-corrected chi connectivity index (χ4v) is 2.89. The highest BCUT2D eigenvalue weighted by molar-refractivity contribution is 7.90. The Labute approximate surface area is 113 Å². The van der Waals surface area contributed by atoms with Crippen molar-refractivity contribution in [1.82, 2.24) is 9.55 Å². The first-order valence-electron chi connectivity index (χ1n) is 6.21. The lowest BCUT2D eigenvalue weighted by molar-refractivity contribution is 0.602. The third-order valence-corrected chi connectivity index (χ3v) is 4.47. The summed E-state index contributed by atoms with van der Waals surface area (Å²) in [7, 11) is -1.26. The monoisotopic (exact) mass is 281 g/mol. The molecule has 19 heavy (non-hydrogen) atoms. The highest BCUT2D eigenvalue weighted by atomic mass is 32.2. The Morgan fingerprint density at radius 1 is 1.42 bits per heavy atom. The van der Waals surface area contributed by atoms with Gasteiger partial charge < -0.3 is 10.3 Å². The summed E-state index contributed by atoms with van der Waals surface area (Å²) >= 11 is 0. The zero-order chi connectivity index (χ0) is 14.2. The molecule has 104 valence electrons. The van der Waals surface area contributed by atoms with Crippen molar-refractivity contribution in [1.29, 1.82) is 0 Å². The minimum absolute atomic E-state index is 0.254. The summed E-state index contributed by atoms with van der Waals surface area (Å²) in [6, 6.07) is 5.05. The molecular formula is C13H19N3O2S. The summed E-state index contributed by atoms with van der Waals surface area (Å²) < 4.78 is 25.1. The van der Waals surface area contributed by atoms with Gasteiger partial charge in [-0.3, -0.25) is 0 Å². The van der Waals surface area contributed by atoms with Crippen LogP contribution in [0.1, 0.15) is 25.1 Å². The fraction of sp³-hybridized carbons (Fsp3) is 0.462. The molecule has 2 N–H and O–H groups in total. The Balaban J connectivity index is 2.57. The number of rotatable bonds is 4. The molecule has 0 bridgehead atoms. The summed E-state index contributed by atoms with van der Waals surface area (Å²) in [6.07, 6.45) is 2.06. The van der Waals surface area contributed by atoms with E-state index in [4.69, 9.17) is 5.73 Å². The molecule has 1 aromatic carbocycles. The number of aromatic nitrogens is 2. The lowest BCUT2D eigenvalue weighted by atomic mass is 10.1. The van der Waals surface area contributed by atoms with Crippen molar-refractivity contribution in [3.8, 4) is 0 Å². The zero-order valence-electron chi connectivity index (χ0n) is 11.4. The van der Waals surface area contributed by atoms with Gasteiger partial charge in [0.2, 0.25) is 0 Å². The molecule has 0 amide bonds. The van der Waals surface area contributed by atoms with Crippen molar-refractivity contribution in [2.75, 3.05) is 12.8 Å². The van der Waals surface area contributed by atoms with Crippen molar-refractivity contribution >= 4 is 20.9 Å². The quantitative estimate of drug-likeness (QED) is 0.919. The number of fused-ring (bicyclic) bond motifs is 1. The molecule has 2 aromatic rings. The molecule has 1 atom stereocenters. The standard InChI is InChI=1S/C13H19N3O2S/c1-9(6-7-14)13-15-11-8-10(19(3,17)18)4-5-12(11)16(13)2/h4-5,8-9H,6-7,14H2,1-3H3. The van der Waals surface area contributed by atoms with Gasteiger partial charge in [0.05, 0.1) is 15.9 Å². The van der Waals surface area contributed by atoms with Gasteiger partial charge >= 0.3 is 0 Å². The van der Waals surface area contributed by atoms with Crippen LogP contribution in [0.2, 0.25) is 0 Å². The Morgan fingerprint density at radius 3 is 2.68 bits per heavy atom. The molecule has 2 rings (SSSR count). The number of nitrogens with zero attached hydrogens (tertiary/aromatic N) is 2. The molecule has 0 saturated carbocycles. The van der Waals surface area contributed by atoms with E-state index in [1.807, 2.05) is 11.6 Å². The summed E-state index contributed by atoms with van der Waals surface area (Å²) in [4.78, 5) is 4.85. The van der Waals surface area contributed by atoms with Crippen LogP contribution in [-0.4, -0.2) is 30.8 Å². The van der Waals surface area contributed by atoms with E-state index in [2.05, 4.69) is 11.9 Å². The molecule has 1 heterocycles. The van der Waals surface area contributed by atoms with Crippen LogP contribution >= 0.6 is 0 Å². The first-order valence-corrected chi connectivity index (χ1v) is 8.10. The Hall–Kier alpha value is -1.40. The first-order chi connectivity index (χ1) is 8.84. The molecule has 1 unspecified atom stereocenters. The second kappa shape index (κ2) is 4.94. The number of aryl methyl sites for hydroxylation is 1. The number of sulfone groups is 1. The van der Waals surface area contributed by atoms with E-state index in [0.717, 1.165) is 17.8 Å². The van der Waals surface area contributed by atoms with Crippen LogP contribution in [0.25, 0.3) is 11.0 Å². The Bertz CT molecular complexity index is 704. The van der Waals surface area contributed by atoms with Gasteiger partial charge in [0.1, 0.15) is 5.82 Å². The fourth-order valence-electron chi connectivity index (χ4n) is 2.25. The van der Waals surface area contributed by atoms with E-state index in [9.17, 15) is 8.42 Å². The van der Waals surface area contributed by atoms with Crippen LogP contribution in [0.5, 0.6) is 0 Å². The van der Waals surface area contributed by atoms with Gasteiger partial charge in [0, 0.05) is 19.2 Å². The van der Waals surface area contributed by atoms with Crippen molar-refractivity contribution < 1.29 is 8.42 Å². The summed E-state index contributed by atoms with van der Waals surface area (Å²) in [5.41, 5.74) is 7.22. The molecule has 0 saturated heterocycles. The molecule has 0 aliphatic heterocycles. The predicted octanol–water partition coefficient (Wildman–Crippen LogP) is 1.43. The summed E-state index contributed by atoms with van der Waals surface area (Å²) in [5, 5.41) is 0. The average molecular weight is 281 g/mol. The van der Waals surface area contributed by atoms with Crippen molar-refractivity contribution in [3.63, 3.8) is 0 Å². The molecular weight excluding hydrogens is 262 g/mol. The number of hydrogen-bond donors (Lipinski definition) is 1. The van der Waals surface area contributed by atoms with E-state index in [0.29, 0.717) is 17.0 Å². The zero-order valence-corrected chi connectivity index (χ0v) is 12.2. The summed E-state index contributed by atoms with van der Waals surface area (Å²) in [5.74, 6) is 1.19. The second-order valence-corrected chi connectivity index (χ2v) is 6.95. The SMILES string of the molecule is CC(CCN)c1nc2cc(S(C)(=O)=O)ccc2n1C.